The predicted molar refractivity (Wildman–Crippen MR) is 74.2 cm³/mol. The molecule has 0 aliphatic carbocycles. The fraction of sp³-hybridized carbons (Fsp3) is 0.286. The summed E-state index contributed by atoms with van der Waals surface area (Å²) >= 11 is 1.29. The van der Waals surface area contributed by atoms with Crippen LogP contribution in [0.3, 0.4) is 0 Å². The number of rotatable bonds is 3. The predicted octanol–water partition coefficient (Wildman–Crippen LogP) is 3.71. The summed E-state index contributed by atoms with van der Waals surface area (Å²) < 4.78 is 37.3. The number of benzene rings is 1. The van der Waals surface area contributed by atoms with Gasteiger partial charge in [-0.1, -0.05) is 12.1 Å². The Hall–Kier alpha value is -1.89. The molecule has 0 saturated heterocycles. The highest BCUT2D eigenvalue weighted by Crippen LogP contribution is 2.29. The van der Waals surface area contributed by atoms with E-state index >= 15 is 0 Å². The van der Waals surface area contributed by atoms with Gasteiger partial charge in [0.15, 0.2) is 0 Å². The summed E-state index contributed by atoms with van der Waals surface area (Å²) in [6, 6.07) is 4.72. The Morgan fingerprint density at radius 2 is 1.86 bits per heavy atom. The van der Waals surface area contributed by atoms with Crippen LogP contribution in [0.15, 0.2) is 24.3 Å². The minimum absolute atomic E-state index is 0.174. The second-order valence-corrected chi connectivity index (χ2v) is 5.73. The number of aryl methyl sites for hydroxylation is 2. The number of nitrogens with zero attached hydrogens (tertiary/aromatic N) is 1. The molecule has 0 aliphatic heterocycles. The quantitative estimate of drug-likeness (QED) is 0.938. The fourth-order valence-electron chi connectivity index (χ4n) is 1.82. The van der Waals surface area contributed by atoms with E-state index in [1.54, 1.807) is 6.92 Å². The number of carbonyl (C=O) groups excluding carboxylic acids is 1. The average Bonchev–Trinajstić information content (AvgIpc) is 2.74. The molecule has 1 amide bonds. The Morgan fingerprint density at radius 3 is 2.33 bits per heavy atom. The summed E-state index contributed by atoms with van der Waals surface area (Å²) in [6.45, 7) is 3.73. The largest absolute Gasteiger partial charge is 0.416 e. The summed E-state index contributed by atoms with van der Waals surface area (Å²) in [4.78, 5) is 16.6. The molecule has 0 aliphatic rings. The maximum atomic E-state index is 12.4. The average molecular weight is 314 g/mol. The maximum absolute atomic E-state index is 12.4. The number of hydrogen-bond acceptors (Lipinski definition) is 3. The molecule has 112 valence electrons. The smallest absolute Gasteiger partial charge is 0.347 e. The van der Waals surface area contributed by atoms with E-state index in [1.807, 2.05) is 6.92 Å². The van der Waals surface area contributed by atoms with Crippen LogP contribution in [0, 0.1) is 13.8 Å². The lowest BCUT2D eigenvalue weighted by Gasteiger charge is -2.08. The van der Waals surface area contributed by atoms with Crippen molar-refractivity contribution in [2.24, 2.45) is 0 Å². The lowest BCUT2D eigenvalue weighted by atomic mass is 10.1. The van der Waals surface area contributed by atoms with Crippen molar-refractivity contribution < 1.29 is 18.0 Å². The first-order valence-corrected chi connectivity index (χ1v) is 6.97. The van der Waals surface area contributed by atoms with Crippen molar-refractivity contribution >= 4 is 17.2 Å². The first-order valence-electron chi connectivity index (χ1n) is 6.16. The Balaban J connectivity index is 2.00. The highest BCUT2D eigenvalue weighted by Gasteiger charge is 2.29. The molecule has 21 heavy (non-hydrogen) atoms. The van der Waals surface area contributed by atoms with Crippen LogP contribution in [-0.4, -0.2) is 10.9 Å². The van der Waals surface area contributed by atoms with E-state index in [4.69, 9.17) is 0 Å². The molecule has 1 heterocycles. The van der Waals surface area contributed by atoms with Gasteiger partial charge in [0, 0.05) is 6.54 Å². The molecule has 2 rings (SSSR count). The van der Waals surface area contributed by atoms with E-state index in [9.17, 15) is 18.0 Å². The Morgan fingerprint density at radius 1 is 1.24 bits per heavy atom. The summed E-state index contributed by atoms with van der Waals surface area (Å²) in [7, 11) is 0. The monoisotopic (exact) mass is 314 g/mol. The second-order valence-electron chi connectivity index (χ2n) is 4.52. The van der Waals surface area contributed by atoms with Crippen molar-refractivity contribution in [3.63, 3.8) is 0 Å². The molecule has 0 saturated carbocycles. The normalized spacial score (nSPS) is 11.5. The van der Waals surface area contributed by atoms with E-state index in [0.717, 1.165) is 17.1 Å². The molecule has 1 aromatic heterocycles. The molecule has 0 fully saturated rings. The first-order chi connectivity index (χ1) is 9.77. The van der Waals surface area contributed by atoms with Crippen molar-refractivity contribution in [2.45, 2.75) is 26.6 Å². The minimum Gasteiger partial charge on any atom is -0.347 e. The fourth-order valence-corrected chi connectivity index (χ4v) is 2.65. The van der Waals surface area contributed by atoms with Gasteiger partial charge in [-0.25, -0.2) is 4.98 Å². The molecule has 0 atom stereocenters. The molecule has 1 aromatic carbocycles. The standard InChI is InChI=1S/C14H13F3N2OS/c1-8-12(21-9(2)19-8)13(20)18-7-10-3-5-11(6-4-10)14(15,16)17/h3-6H,7H2,1-2H3,(H,18,20). The van der Waals surface area contributed by atoms with Crippen molar-refractivity contribution in [3.05, 3.63) is 51.0 Å². The van der Waals surface area contributed by atoms with Crippen molar-refractivity contribution in [1.82, 2.24) is 10.3 Å². The number of nitrogens with one attached hydrogen (secondary N) is 1. The van der Waals surface area contributed by atoms with Crippen LogP contribution in [0.2, 0.25) is 0 Å². The van der Waals surface area contributed by atoms with E-state index in [2.05, 4.69) is 10.3 Å². The Labute approximate surface area is 123 Å². The zero-order valence-corrected chi connectivity index (χ0v) is 12.2. The Bertz CT molecular complexity index is 647. The Kier molecular flexibility index (Phi) is 4.32. The molecule has 7 heteroatoms. The molecule has 2 aromatic rings. The third kappa shape index (κ3) is 3.81. The first kappa shape index (κ1) is 15.5. The molecule has 0 bridgehead atoms. The summed E-state index contributed by atoms with van der Waals surface area (Å²) in [6.07, 6.45) is -4.35. The van der Waals surface area contributed by atoms with E-state index < -0.39 is 11.7 Å². The highest BCUT2D eigenvalue weighted by atomic mass is 32.1. The van der Waals surface area contributed by atoms with Gasteiger partial charge in [-0.15, -0.1) is 11.3 Å². The molecule has 3 nitrogen and oxygen atoms in total. The lowest BCUT2D eigenvalue weighted by molar-refractivity contribution is -0.137. The van der Waals surface area contributed by atoms with Gasteiger partial charge in [0.05, 0.1) is 16.3 Å². The van der Waals surface area contributed by atoms with Crippen LogP contribution in [-0.2, 0) is 12.7 Å². The number of carbonyl (C=O) groups is 1. The molecule has 1 N–H and O–H groups in total. The van der Waals surface area contributed by atoms with Gasteiger partial charge in [0.2, 0.25) is 0 Å². The molecule has 0 spiro atoms. The van der Waals surface area contributed by atoms with Gasteiger partial charge < -0.3 is 5.32 Å². The van der Waals surface area contributed by atoms with Gasteiger partial charge in [0.1, 0.15) is 4.88 Å². The number of aromatic nitrogens is 1. The van der Waals surface area contributed by atoms with Crippen LogP contribution in [0.4, 0.5) is 13.2 Å². The van der Waals surface area contributed by atoms with Crippen molar-refractivity contribution in [2.75, 3.05) is 0 Å². The van der Waals surface area contributed by atoms with Crippen LogP contribution in [0.5, 0.6) is 0 Å². The number of hydrogen-bond donors (Lipinski definition) is 1. The zero-order valence-electron chi connectivity index (χ0n) is 11.4. The summed E-state index contributed by atoms with van der Waals surface area (Å²) in [5.41, 5.74) is 0.559. The van der Waals surface area contributed by atoms with Crippen molar-refractivity contribution in [3.8, 4) is 0 Å². The second kappa shape index (κ2) is 5.85. The number of halogens is 3. The van der Waals surface area contributed by atoms with Gasteiger partial charge in [-0.3, -0.25) is 4.79 Å². The van der Waals surface area contributed by atoms with E-state index in [-0.39, 0.29) is 12.5 Å². The van der Waals surface area contributed by atoms with Crippen molar-refractivity contribution in [1.29, 1.82) is 0 Å². The summed E-state index contributed by atoms with van der Waals surface area (Å²) in [5, 5.41) is 3.48. The van der Waals surface area contributed by atoms with Gasteiger partial charge >= 0.3 is 6.18 Å². The summed E-state index contributed by atoms with van der Waals surface area (Å²) in [5.74, 6) is -0.266. The number of amides is 1. The van der Waals surface area contributed by atoms with E-state index in [1.165, 1.54) is 23.5 Å². The molecule has 0 unspecified atom stereocenters. The number of thiazole rings is 1. The van der Waals surface area contributed by atoms with Gasteiger partial charge in [-0.05, 0) is 31.5 Å². The zero-order chi connectivity index (χ0) is 15.6. The molecular weight excluding hydrogens is 301 g/mol. The maximum Gasteiger partial charge on any atom is 0.416 e. The van der Waals surface area contributed by atoms with Crippen LogP contribution in [0.25, 0.3) is 0 Å². The van der Waals surface area contributed by atoms with Crippen LogP contribution >= 0.6 is 11.3 Å². The van der Waals surface area contributed by atoms with Gasteiger partial charge in [0.25, 0.3) is 5.91 Å². The van der Waals surface area contributed by atoms with Crippen LogP contribution < -0.4 is 5.32 Å². The molecular formula is C14H13F3N2OS. The van der Waals surface area contributed by atoms with Gasteiger partial charge in [-0.2, -0.15) is 13.2 Å². The minimum atomic E-state index is -4.35. The third-order valence-electron chi connectivity index (χ3n) is 2.84. The van der Waals surface area contributed by atoms with Crippen LogP contribution in [0.1, 0.15) is 31.5 Å². The third-order valence-corrected chi connectivity index (χ3v) is 3.92. The lowest BCUT2D eigenvalue weighted by Crippen LogP contribution is -2.22. The van der Waals surface area contributed by atoms with E-state index in [0.29, 0.717) is 16.1 Å². The highest BCUT2D eigenvalue weighted by molar-refractivity contribution is 7.13. The number of alkyl halides is 3. The SMILES string of the molecule is Cc1nc(C)c(C(=O)NCc2ccc(C(F)(F)F)cc2)s1. The topological polar surface area (TPSA) is 42.0 Å². The molecule has 0 radical (unpaired) electrons.